The highest BCUT2D eigenvalue weighted by Crippen LogP contribution is 2.17. The molecule has 0 aliphatic rings. The van der Waals surface area contributed by atoms with Crippen molar-refractivity contribution < 1.29 is 14.3 Å². The molecule has 1 N–H and O–H groups in total. The van der Waals surface area contributed by atoms with Crippen molar-refractivity contribution in [3.63, 3.8) is 0 Å². The SMILES string of the molecule is COC(CN(CC(=O)NCCc1ccccc1)C(=S)SCc1ccccc1)OC. The molecule has 0 spiro atoms. The number of carbonyl (C=O) groups excluding carboxylic acids is 1. The van der Waals surface area contributed by atoms with E-state index in [4.69, 9.17) is 21.7 Å². The molecule has 0 radical (unpaired) electrons. The fraction of sp³-hybridized carbons (Fsp3) is 0.364. The Morgan fingerprint density at radius 2 is 1.62 bits per heavy atom. The van der Waals surface area contributed by atoms with Crippen LogP contribution in [-0.4, -0.2) is 55.3 Å². The van der Waals surface area contributed by atoms with E-state index in [1.165, 1.54) is 22.9 Å². The van der Waals surface area contributed by atoms with Gasteiger partial charge in [-0.15, -0.1) is 0 Å². The summed E-state index contributed by atoms with van der Waals surface area (Å²) in [6.07, 6.45) is 0.334. The first-order chi connectivity index (χ1) is 14.1. The molecular weight excluding hydrogens is 404 g/mol. The summed E-state index contributed by atoms with van der Waals surface area (Å²) in [4.78, 5) is 14.3. The highest BCUT2D eigenvalue weighted by atomic mass is 32.2. The first-order valence-corrected chi connectivity index (χ1v) is 10.8. The number of nitrogens with one attached hydrogen (secondary N) is 1. The van der Waals surface area contributed by atoms with Crippen molar-refractivity contribution in [3.8, 4) is 0 Å². The van der Waals surface area contributed by atoms with Crippen molar-refractivity contribution >= 4 is 34.2 Å². The van der Waals surface area contributed by atoms with Gasteiger partial charge in [-0.1, -0.05) is 84.6 Å². The summed E-state index contributed by atoms with van der Waals surface area (Å²) in [7, 11) is 3.15. The van der Waals surface area contributed by atoms with E-state index in [0.717, 1.165) is 12.2 Å². The second-order valence-corrected chi connectivity index (χ2v) is 8.02. The Bertz CT molecular complexity index is 740. The molecule has 2 aromatic rings. The van der Waals surface area contributed by atoms with Gasteiger partial charge in [0.05, 0.1) is 13.1 Å². The molecule has 1 amide bonds. The fourth-order valence-electron chi connectivity index (χ4n) is 2.66. The Labute approximate surface area is 182 Å². The number of methoxy groups -OCH3 is 2. The van der Waals surface area contributed by atoms with Crippen molar-refractivity contribution in [2.75, 3.05) is 33.9 Å². The van der Waals surface area contributed by atoms with E-state index in [-0.39, 0.29) is 12.5 Å². The third kappa shape index (κ3) is 8.95. The molecule has 0 aliphatic carbocycles. The standard InChI is InChI=1S/C22H28N2O3S2/c1-26-21(27-2)16-24(22(28)29-17-19-11-7-4-8-12-19)15-20(25)23-14-13-18-9-5-3-6-10-18/h3-12,21H,13-17H2,1-2H3,(H,23,25). The number of amides is 1. The van der Waals surface area contributed by atoms with Crippen LogP contribution in [0.5, 0.6) is 0 Å². The molecule has 0 heterocycles. The van der Waals surface area contributed by atoms with Crippen LogP contribution in [0, 0.1) is 0 Å². The molecular formula is C22H28N2O3S2. The number of carbonyl (C=O) groups is 1. The molecule has 5 nitrogen and oxygen atoms in total. The summed E-state index contributed by atoms with van der Waals surface area (Å²) in [6, 6.07) is 20.2. The average molecular weight is 433 g/mol. The van der Waals surface area contributed by atoms with Gasteiger partial charge in [0, 0.05) is 26.5 Å². The van der Waals surface area contributed by atoms with Crippen LogP contribution in [0.15, 0.2) is 60.7 Å². The van der Waals surface area contributed by atoms with Crippen molar-refractivity contribution in [1.29, 1.82) is 0 Å². The van der Waals surface area contributed by atoms with Crippen LogP contribution in [0.3, 0.4) is 0 Å². The van der Waals surface area contributed by atoms with Crippen LogP contribution in [0.4, 0.5) is 0 Å². The predicted molar refractivity (Wildman–Crippen MR) is 123 cm³/mol. The van der Waals surface area contributed by atoms with Crippen LogP contribution in [0.1, 0.15) is 11.1 Å². The number of nitrogens with zero attached hydrogens (tertiary/aromatic N) is 1. The Morgan fingerprint density at radius 1 is 1.03 bits per heavy atom. The second kappa shape index (κ2) is 13.3. The van der Waals surface area contributed by atoms with Crippen LogP contribution in [0.25, 0.3) is 0 Å². The quantitative estimate of drug-likeness (QED) is 0.433. The van der Waals surface area contributed by atoms with Gasteiger partial charge in [0.15, 0.2) is 6.29 Å². The lowest BCUT2D eigenvalue weighted by Crippen LogP contribution is -2.43. The zero-order valence-electron chi connectivity index (χ0n) is 16.9. The van der Waals surface area contributed by atoms with Crippen LogP contribution >= 0.6 is 24.0 Å². The van der Waals surface area contributed by atoms with Gasteiger partial charge in [-0.2, -0.15) is 0 Å². The second-order valence-electron chi connectivity index (χ2n) is 6.41. The highest BCUT2D eigenvalue weighted by Gasteiger charge is 2.19. The Morgan fingerprint density at radius 3 is 2.21 bits per heavy atom. The molecule has 0 unspecified atom stereocenters. The lowest BCUT2D eigenvalue weighted by atomic mass is 10.1. The predicted octanol–water partition coefficient (Wildman–Crippen LogP) is 3.48. The number of benzene rings is 2. The summed E-state index contributed by atoms with van der Waals surface area (Å²) in [5.41, 5.74) is 2.37. The lowest BCUT2D eigenvalue weighted by Gasteiger charge is -2.27. The normalized spacial score (nSPS) is 10.7. The number of thiocarbonyl (C=S) groups is 1. The molecule has 7 heteroatoms. The monoisotopic (exact) mass is 432 g/mol. The summed E-state index contributed by atoms with van der Waals surface area (Å²) in [6.45, 7) is 1.14. The number of thioether (sulfide) groups is 1. The Hall–Kier alpha value is -1.93. The van der Waals surface area contributed by atoms with Gasteiger partial charge in [0.25, 0.3) is 0 Å². The zero-order chi connectivity index (χ0) is 20.9. The molecule has 2 rings (SSSR count). The summed E-state index contributed by atoms with van der Waals surface area (Å²) >= 11 is 7.12. The lowest BCUT2D eigenvalue weighted by molar-refractivity contribution is -0.125. The van der Waals surface area contributed by atoms with E-state index in [1.54, 1.807) is 14.2 Å². The van der Waals surface area contributed by atoms with E-state index < -0.39 is 6.29 Å². The molecule has 0 bridgehead atoms. The maximum atomic E-state index is 12.5. The van der Waals surface area contributed by atoms with Gasteiger partial charge < -0.3 is 19.7 Å². The third-order valence-corrected chi connectivity index (χ3v) is 5.87. The van der Waals surface area contributed by atoms with Crippen molar-refractivity contribution in [3.05, 3.63) is 71.8 Å². The smallest absolute Gasteiger partial charge is 0.239 e. The number of hydrogen-bond donors (Lipinski definition) is 1. The van der Waals surface area contributed by atoms with E-state index in [0.29, 0.717) is 17.4 Å². The largest absolute Gasteiger partial charge is 0.354 e. The van der Waals surface area contributed by atoms with Crippen LogP contribution in [0.2, 0.25) is 0 Å². The summed E-state index contributed by atoms with van der Waals surface area (Å²) < 4.78 is 11.2. The van der Waals surface area contributed by atoms with E-state index in [1.807, 2.05) is 41.3 Å². The number of hydrogen-bond acceptors (Lipinski definition) is 5. The van der Waals surface area contributed by atoms with Gasteiger partial charge in [0.2, 0.25) is 5.91 Å². The minimum absolute atomic E-state index is 0.0745. The van der Waals surface area contributed by atoms with E-state index in [9.17, 15) is 4.79 Å². The van der Waals surface area contributed by atoms with Gasteiger partial charge in [-0.3, -0.25) is 4.79 Å². The van der Waals surface area contributed by atoms with Crippen molar-refractivity contribution in [1.82, 2.24) is 10.2 Å². The molecule has 2 aromatic carbocycles. The average Bonchev–Trinajstić information content (AvgIpc) is 2.76. The van der Waals surface area contributed by atoms with E-state index in [2.05, 4.69) is 29.6 Å². The Kier molecular flexibility index (Phi) is 10.7. The molecule has 0 fully saturated rings. The fourth-order valence-corrected chi connectivity index (χ4v) is 3.78. The minimum atomic E-state index is -0.456. The maximum absolute atomic E-state index is 12.5. The minimum Gasteiger partial charge on any atom is -0.354 e. The topological polar surface area (TPSA) is 50.8 Å². The first kappa shape index (κ1) is 23.3. The third-order valence-electron chi connectivity index (χ3n) is 4.27. The maximum Gasteiger partial charge on any atom is 0.239 e. The van der Waals surface area contributed by atoms with Crippen LogP contribution < -0.4 is 5.32 Å². The van der Waals surface area contributed by atoms with Gasteiger partial charge in [-0.25, -0.2) is 0 Å². The van der Waals surface area contributed by atoms with Crippen molar-refractivity contribution in [2.24, 2.45) is 0 Å². The molecule has 29 heavy (non-hydrogen) atoms. The molecule has 0 aliphatic heterocycles. The molecule has 0 saturated heterocycles. The zero-order valence-corrected chi connectivity index (χ0v) is 18.5. The Balaban J connectivity index is 1.87. The summed E-state index contributed by atoms with van der Waals surface area (Å²) in [5.74, 6) is 0.672. The highest BCUT2D eigenvalue weighted by molar-refractivity contribution is 8.22. The van der Waals surface area contributed by atoms with Crippen LogP contribution in [-0.2, 0) is 26.4 Å². The van der Waals surface area contributed by atoms with Crippen molar-refractivity contribution in [2.45, 2.75) is 18.5 Å². The number of ether oxygens (including phenoxy) is 2. The molecule has 156 valence electrons. The van der Waals surface area contributed by atoms with E-state index >= 15 is 0 Å². The van der Waals surface area contributed by atoms with Gasteiger partial charge >= 0.3 is 0 Å². The van der Waals surface area contributed by atoms with Gasteiger partial charge in [0.1, 0.15) is 4.32 Å². The summed E-state index contributed by atoms with van der Waals surface area (Å²) in [5, 5.41) is 2.97. The number of rotatable bonds is 11. The molecule has 0 saturated carbocycles. The van der Waals surface area contributed by atoms with Gasteiger partial charge in [-0.05, 0) is 17.5 Å². The first-order valence-electron chi connectivity index (χ1n) is 9.44. The molecule has 0 atom stereocenters. The molecule has 0 aromatic heterocycles.